The lowest BCUT2D eigenvalue weighted by Crippen LogP contribution is -2.52. The van der Waals surface area contributed by atoms with Crippen LogP contribution in [0.4, 0.5) is 0 Å². The van der Waals surface area contributed by atoms with Gasteiger partial charge >= 0.3 is 0 Å². The van der Waals surface area contributed by atoms with Gasteiger partial charge in [-0.1, -0.05) is 18.2 Å². The van der Waals surface area contributed by atoms with E-state index in [1.165, 1.54) is 0 Å². The number of ether oxygens (including phenoxy) is 2. The molecule has 21 heavy (non-hydrogen) atoms. The highest BCUT2D eigenvalue weighted by molar-refractivity contribution is 5.35. The van der Waals surface area contributed by atoms with Crippen molar-refractivity contribution >= 4 is 0 Å². The lowest BCUT2D eigenvalue weighted by atomic mass is 10.0. The van der Waals surface area contributed by atoms with Gasteiger partial charge in [0.1, 0.15) is 5.75 Å². The molecule has 1 saturated heterocycles. The molecule has 4 heteroatoms. The molecule has 0 bridgehead atoms. The van der Waals surface area contributed by atoms with Gasteiger partial charge in [-0.2, -0.15) is 0 Å². The Bertz CT molecular complexity index is 461. The van der Waals surface area contributed by atoms with E-state index in [-0.39, 0.29) is 11.7 Å². The van der Waals surface area contributed by atoms with Crippen molar-refractivity contribution in [2.45, 2.75) is 45.5 Å². The summed E-state index contributed by atoms with van der Waals surface area (Å²) in [6, 6.07) is 7.71. The number of β-amino-alcohol motifs (C(OH)–C–C–N with tert-alkyl or cyclic N) is 1. The fourth-order valence-corrected chi connectivity index (χ4v) is 3.11. The van der Waals surface area contributed by atoms with E-state index in [1.807, 2.05) is 31.2 Å². The van der Waals surface area contributed by atoms with Crippen LogP contribution in [-0.2, 0) is 4.74 Å². The zero-order valence-corrected chi connectivity index (χ0v) is 13.5. The highest BCUT2D eigenvalue weighted by Crippen LogP contribution is 2.28. The minimum absolute atomic E-state index is 0.170. The monoisotopic (exact) mass is 293 g/mol. The third-order valence-corrected chi connectivity index (χ3v) is 3.65. The van der Waals surface area contributed by atoms with Crippen LogP contribution in [0.2, 0.25) is 0 Å². The molecule has 0 aromatic heterocycles. The van der Waals surface area contributed by atoms with Crippen molar-refractivity contribution < 1.29 is 14.6 Å². The first-order chi connectivity index (χ1) is 9.91. The zero-order valence-electron chi connectivity index (χ0n) is 13.5. The first-order valence-electron chi connectivity index (χ1n) is 7.71. The number of nitrogens with zero attached hydrogens (tertiary/aromatic N) is 1. The van der Waals surface area contributed by atoms with Crippen molar-refractivity contribution in [3.05, 3.63) is 29.8 Å². The highest BCUT2D eigenvalue weighted by Gasteiger charge is 2.32. The maximum atomic E-state index is 10.6. The van der Waals surface area contributed by atoms with E-state index in [9.17, 15) is 5.11 Å². The Morgan fingerprint density at radius 1 is 1.43 bits per heavy atom. The third-order valence-electron chi connectivity index (χ3n) is 3.65. The Morgan fingerprint density at radius 3 is 2.81 bits per heavy atom. The van der Waals surface area contributed by atoms with E-state index >= 15 is 0 Å². The van der Waals surface area contributed by atoms with Gasteiger partial charge in [0.25, 0.3) is 0 Å². The van der Waals surface area contributed by atoms with Crippen LogP contribution in [0.25, 0.3) is 0 Å². The molecule has 1 aliphatic heterocycles. The van der Waals surface area contributed by atoms with Gasteiger partial charge in [0.05, 0.1) is 24.4 Å². The van der Waals surface area contributed by atoms with Crippen molar-refractivity contribution in [1.82, 2.24) is 4.90 Å². The third kappa shape index (κ3) is 4.43. The predicted molar refractivity (Wildman–Crippen MR) is 83.6 cm³/mol. The number of rotatable bonds is 5. The van der Waals surface area contributed by atoms with Gasteiger partial charge in [0.2, 0.25) is 0 Å². The van der Waals surface area contributed by atoms with Crippen molar-refractivity contribution in [3.8, 4) is 5.75 Å². The summed E-state index contributed by atoms with van der Waals surface area (Å²) in [5.74, 6) is 0.771. The molecule has 2 atom stereocenters. The largest absolute Gasteiger partial charge is 0.493 e. The summed E-state index contributed by atoms with van der Waals surface area (Å²) in [6.07, 6.45) is -0.364. The number of aliphatic hydroxyl groups is 1. The Hall–Kier alpha value is -1.10. The van der Waals surface area contributed by atoms with E-state index in [0.717, 1.165) is 24.4 Å². The first-order valence-corrected chi connectivity index (χ1v) is 7.71. The molecule has 1 aromatic carbocycles. The lowest BCUT2D eigenvalue weighted by molar-refractivity contribution is -0.134. The SMILES string of the molecule is CCOc1ccccc1C(O)CN1CC(C)OC(C)(C)C1. The van der Waals surface area contributed by atoms with Gasteiger partial charge in [-0.3, -0.25) is 4.90 Å². The van der Waals surface area contributed by atoms with E-state index < -0.39 is 6.10 Å². The number of hydrogen-bond donors (Lipinski definition) is 1. The summed E-state index contributed by atoms with van der Waals surface area (Å²) in [5.41, 5.74) is 0.688. The molecule has 0 radical (unpaired) electrons. The second kappa shape index (κ2) is 6.77. The maximum absolute atomic E-state index is 10.6. The molecular weight excluding hydrogens is 266 g/mol. The highest BCUT2D eigenvalue weighted by atomic mass is 16.5. The quantitative estimate of drug-likeness (QED) is 0.906. The van der Waals surface area contributed by atoms with Gasteiger partial charge in [0, 0.05) is 25.2 Å². The minimum Gasteiger partial charge on any atom is -0.493 e. The summed E-state index contributed by atoms with van der Waals surface area (Å²) in [6.45, 7) is 11.1. The van der Waals surface area contributed by atoms with Crippen LogP contribution in [0.15, 0.2) is 24.3 Å². The first kappa shape index (κ1) is 16.3. The van der Waals surface area contributed by atoms with E-state index in [1.54, 1.807) is 0 Å². The van der Waals surface area contributed by atoms with Crippen LogP contribution in [0.5, 0.6) is 5.75 Å². The average Bonchev–Trinajstić information content (AvgIpc) is 2.37. The van der Waals surface area contributed by atoms with Crippen LogP contribution < -0.4 is 4.74 Å². The Morgan fingerprint density at radius 2 is 2.14 bits per heavy atom. The number of hydrogen-bond acceptors (Lipinski definition) is 4. The molecule has 1 fully saturated rings. The average molecular weight is 293 g/mol. The van der Waals surface area contributed by atoms with Gasteiger partial charge in [-0.25, -0.2) is 0 Å². The van der Waals surface area contributed by atoms with Crippen molar-refractivity contribution in [3.63, 3.8) is 0 Å². The van der Waals surface area contributed by atoms with E-state index in [0.29, 0.717) is 13.2 Å². The molecule has 0 amide bonds. The number of morpholine rings is 1. The lowest BCUT2D eigenvalue weighted by Gasteiger charge is -2.42. The van der Waals surface area contributed by atoms with Crippen LogP contribution in [0, 0.1) is 0 Å². The van der Waals surface area contributed by atoms with Gasteiger partial charge in [-0.15, -0.1) is 0 Å². The number of aliphatic hydroxyl groups excluding tert-OH is 1. The molecule has 2 unspecified atom stereocenters. The van der Waals surface area contributed by atoms with Crippen LogP contribution in [-0.4, -0.2) is 48.0 Å². The molecule has 1 heterocycles. The maximum Gasteiger partial charge on any atom is 0.125 e. The topological polar surface area (TPSA) is 41.9 Å². The normalized spacial score (nSPS) is 23.8. The Labute approximate surface area is 127 Å². The van der Waals surface area contributed by atoms with Gasteiger partial charge < -0.3 is 14.6 Å². The Balaban J connectivity index is 2.05. The molecule has 1 aromatic rings. The summed E-state index contributed by atoms with van der Waals surface area (Å²) < 4.78 is 11.5. The molecule has 1 N–H and O–H groups in total. The van der Waals surface area contributed by atoms with Crippen LogP contribution in [0.3, 0.4) is 0 Å². The van der Waals surface area contributed by atoms with Crippen molar-refractivity contribution in [2.75, 3.05) is 26.2 Å². The van der Waals surface area contributed by atoms with Crippen LogP contribution >= 0.6 is 0 Å². The predicted octanol–water partition coefficient (Wildman–Crippen LogP) is 2.62. The van der Waals surface area contributed by atoms with E-state index in [4.69, 9.17) is 9.47 Å². The number of para-hydroxylation sites is 1. The molecule has 1 aliphatic rings. The molecule has 4 nitrogen and oxygen atoms in total. The Kier molecular flexibility index (Phi) is 5.25. The fourth-order valence-electron chi connectivity index (χ4n) is 3.11. The smallest absolute Gasteiger partial charge is 0.125 e. The molecule has 118 valence electrons. The van der Waals surface area contributed by atoms with Crippen molar-refractivity contribution in [1.29, 1.82) is 0 Å². The molecule has 0 spiro atoms. The number of benzene rings is 1. The van der Waals surface area contributed by atoms with Gasteiger partial charge in [-0.05, 0) is 33.8 Å². The summed E-state index contributed by atoms with van der Waals surface area (Å²) in [4.78, 5) is 2.27. The second-order valence-corrected chi connectivity index (χ2v) is 6.37. The van der Waals surface area contributed by atoms with Crippen molar-refractivity contribution in [2.24, 2.45) is 0 Å². The van der Waals surface area contributed by atoms with E-state index in [2.05, 4.69) is 25.7 Å². The molecular formula is C17H27NO3. The van der Waals surface area contributed by atoms with Gasteiger partial charge in [0.15, 0.2) is 0 Å². The second-order valence-electron chi connectivity index (χ2n) is 6.37. The molecule has 0 saturated carbocycles. The molecule has 2 rings (SSSR count). The summed E-state index contributed by atoms with van der Waals surface area (Å²) in [5, 5.41) is 10.6. The summed E-state index contributed by atoms with van der Waals surface area (Å²) in [7, 11) is 0. The minimum atomic E-state index is -0.547. The standard InChI is InChI=1S/C17H27NO3/c1-5-20-16-9-7-6-8-14(16)15(19)11-18-10-13(2)21-17(3,4)12-18/h6-9,13,15,19H,5,10-12H2,1-4H3. The zero-order chi connectivity index (χ0) is 15.5. The molecule has 0 aliphatic carbocycles. The van der Waals surface area contributed by atoms with Crippen LogP contribution in [0.1, 0.15) is 39.4 Å². The fraction of sp³-hybridized carbons (Fsp3) is 0.647. The summed E-state index contributed by atoms with van der Waals surface area (Å²) >= 11 is 0.